The van der Waals surface area contributed by atoms with Crippen molar-refractivity contribution in [2.24, 2.45) is 0 Å². The van der Waals surface area contributed by atoms with Crippen LogP contribution in [0.2, 0.25) is 0 Å². The molecule has 0 spiro atoms. The van der Waals surface area contributed by atoms with Gasteiger partial charge in [-0.25, -0.2) is 0 Å². The Morgan fingerprint density at radius 3 is 2.22 bits per heavy atom. The van der Waals surface area contributed by atoms with E-state index in [0.717, 1.165) is 38.5 Å². The minimum absolute atomic E-state index is 0.155. The van der Waals surface area contributed by atoms with Crippen LogP contribution in [0.15, 0.2) is 0 Å². The molecule has 0 aromatic carbocycles. The third kappa shape index (κ3) is 6.17. The molecule has 1 heterocycles. The summed E-state index contributed by atoms with van der Waals surface area (Å²) in [6.07, 6.45) is 8.99. The van der Waals surface area contributed by atoms with E-state index in [1.54, 1.807) is 0 Å². The number of piperidine rings is 1. The van der Waals surface area contributed by atoms with Gasteiger partial charge in [0.15, 0.2) is 0 Å². The molecule has 1 aliphatic rings. The summed E-state index contributed by atoms with van der Waals surface area (Å²) in [5.41, 5.74) is 0. The minimum Gasteiger partial charge on any atom is -0.393 e. The molecule has 0 aromatic heterocycles. The second kappa shape index (κ2) is 8.89. The number of unbranched alkanes of at least 4 members (excludes halogenated alkanes) is 1. The average molecular weight is 257 g/mol. The molecule has 1 fully saturated rings. The lowest BCUT2D eigenvalue weighted by atomic mass is 9.91. The summed E-state index contributed by atoms with van der Waals surface area (Å²) in [7, 11) is 0. The molecule has 3 N–H and O–H groups in total. The van der Waals surface area contributed by atoms with Gasteiger partial charge in [-0.05, 0) is 38.5 Å². The topological polar surface area (TPSA) is 52.5 Å². The number of nitrogens with one attached hydrogen (secondary N) is 1. The van der Waals surface area contributed by atoms with Gasteiger partial charge in [-0.15, -0.1) is 0 Å². The summed E-state index contributed by atoms with van der Waals surface area (Å²) < 4.78 is 0. The Kier molecular flexibility index (Phi) is 7.87. The molecule has 0 unspecified atom stereocenters. The van der Waals surface area contributed by atoms with Crippen LogP contribution in [0.3, 0.4) is 0 Å². The zero-order valence-electron chi connectivity index (χ0n) is 12.1. The Hall–Kier alpha value is -0.120. The quantitative estimate of drug-likeness (QED) is 0.626. The van der Waals surface area contributed by atoms with Gasteiger partial charge in [-0.3, -0.25) is 0 Å². The van der Waals surface area contributed by atoms with Gasteiger partial charge in [0.1, 0.15) is 0 Å². The molecule has 0 aromatic rings. The van der Waals surface area contributed by atoms with E-state index in [4.69, 9.17) is 0 Å². The van der Waals surface area contributed by atoms with E-state index in [2.05, 4.69) is 12.2 Å². The van der Waals surface area contributed by atoms with Crippen LogP contribution in [-0.4, -0.2) is 34.5 Å². The summed E-state index contributed by atoms with van der Waals surface area (Å²) in [4.78, 5) is 0. The third-order valence-electron chi connectivity index (χ3n) is 4.05. The Bertz CT molecular complexity index is 211. The lowest BCUT2D eigenvalue weighted by Gasteiger charge is -2.33. The zero-order chi connectivity index (χ0) is 13.4. The van der Waals surface area contributed by atoms with Crippen molar-refractivity contribution < 1.29 is 10.2 Å². The summed E-state index contributed by atoms with van der Waals surface area (Å²) in [6, 6.07) is 0.886. The van der Waals surface area contributed by atoms with Crippen LogP contribution >= 0.6 is 0 Å². The Labute approximate surface area is 112 Å². The van der Waals surface area contributed by atoms with Crippen molar-refractivity contribution in [1.82, 2.24) is 5.32 Å². The van der Waals surface area contributed by atoms with Crippen LogP contribution in [0.25, 0.3) is 0 Å². The first-order chi connectivity index (χ1) is 8.65. The molecule has 1 aliphatic heterocycles. The smallest absolute Gasteiger partial charge is 0.0555 e. The highest BCUT2D eigenvalue weighted by Crippen LogP contribution is 2.21. The molecule has 108 valence electrons. The molecule has 1 rings (SSSR count). The van der Waals surface area contributed by atoms with Crippen molar-refractivity contribution in [2.75, 3.05) is 0 Å². The Morgan fingerprint density at radius 2 is 1.67 bits per heavy atom. The normalized spacial score (nSPS) is 28.0. The van der Waals surface area contributed by atoms with E-state index >= 15 is 0 Å². The first kappa shape index (κ1) is 15.9. The van der Waals surface area contributed by atoms with Crippen molar-refractivity contribution in [1.29, 1.82) is 0 Å². The Balaban J connectivity index is 2.25. The van der Waals surface area contributed by atoms with E-state index in [1.165, 1.54) is 19.3 Å². The first-order valence-corrected chi connectivity index (χ1v) is 7.77. The van der Waals surface area contributed by atoms with Crippen molar-refractivity contribution in [3.8, 4) is 0 Å². The average Bonchev–Trinajstić information content (AvgIpc) is 2.36. The molecule has 0 saturated carbocycles. The summed E-state index contributed by atoms with van der Waals surface area (Å²) in [5.74, 6) is 0. The standard InChI is InChI=1S/C15H31NO2/c1-3-5-9-15(18)11-13-8-6-7-12(16-13)10-14(17)4-2/h12-18H,3-11H2,1-2H3/t12-,13-,14+,15+/m1/s1. The van der Waals surface area contributed by atoms with E-state index < -0.39 is 0 Å². The molecule has 3 nitrogen and oxygen atoms in total. The van der Waals surface area contributed by atoms with Gasteiger partial charge in [0.25, 0.3) is 0 Å². The van der Waals surface area contributed by atoms with E-state index in [0.29, 0.717) is 12.1 Å². The van der Waals surface area contributed by atoms with Gasteiger partial charge >= 0.3 is 0 Å². The molecule has 18 heavy (non-hydrogen) atoms. The maximum atomic E-state index is 9.96. The second-order valence-electron chi connectivity index (χ2n) is 5.82. The molecule has 0 radical (unpaired) electrons. The van der Waals surface area contributed by atoms with Crippen molar-refractivity contribution in [3.05, 3.63) is 0 Å². The highest BCUT2D eigenvalue weighted by atomic mass is 16.3. The van der Waals surface area contributed by atoms with Gasteiger partial charge in [0.05, 0.1) is 12.2 Å². The lowest BCUT2D eigenvalue weighted by Crippen LogP contribution is -2.45. The highest BCUT2D eigenvalue weighted by molar-refractivity contribution is 4.83. The maximum absolute atomic E-state index is 9.96. The zero-order valence-corrected chi connectivity index (χ0v) is 12.1. The molecular weight excluding hydrogens is 226 g/mol. The molecule has 0 aliphatic carbocycles. The predicted octanol–water partition coefficient (Wildman–Crippen LogP) is 2.60. The fourth-order valence-electron chi connectivity index (χ4n) is 2.86. The SMILES string of the molecule is CCCC[C@H](O)C[C@H]1CCC[C@H](C[C@@H](O)CC)N1. The summed E-state index contributed by atoms with van der Waals surface area (Å²) in [6.45, 7) is 4.19. The molecule has 3 heteroatoms. The molecule has 1 saturated heterocycles. The van der Waals surface area contributed by atoms with Crippen molar-refractivity contribution in [3.63, 3.8) is 0 Å². The van der Waals surface area contributed by atoms with Gasteiger partial charge in [-0.1, -0.05) is 33.1 Å². The van der Waals surface area contributed by atoms with Crippen LogP contribution in [0, 0.1) is 0 Å². The summed E-state index contributed by atoms with van der Waals surface area (Å²) >= 11 is 0. The molecule has 0 bridgehead atoms. The maximum Gasteiger partial charge on any atom is 0.0555 e. The lowest BCUT2D eigenvalue weighted by molar-refractivity contribution is 0.108. The van der Waals surface area contributed by atoms with Crippen molar-refractivity contribution >= 4 is 0 Å². The van der Waals surface area contributed by atoms with Gasteiger partial charge in [0.2, 0.25) is 0 Å². The van der Waals surface area contributed by atoms with Crippen molar-refractivity contribution in [2.45, 2.75) is 95.9 Å². The summed E-state index contributed by atoms with van der Waals surface area (Å²) in [5, 5.41) is 23.3. The highest BCUT2D eigenvalue weighted by Gasteiger charge is 2.24. The van der Waals surface area contributed by atoms with E-state index in [1.807, 2.05) is 6.92 Å². The van der Waals surface area contributed by atoms with Gasteiger partial charge in [0, 0.05) is 12.1 Å². The van der Waals surface area contributed by atoms with E-state index in [9.17, 15) is 10.2 Å². The number of rotatable bonds is 8. The van der Waals surface area contributed by atoms with Gasteiger partial charge < -0.3 is 15.5 Å². The predicted molar refractivity (Wildman–Crippen MR) is 75.6 cm³/mol. The van der Waals surface area contributed by atoms with Crippen LogP contribution in [-0.2, 0) is 0 Å². The van der Waals surface area contributed by atoms with Crippen LogP contribution in [0.4, 0.5) is 0 Å². The fraction of sp³-hybridized carbons (Fsp3) is 1.00. The van der Waals surface area contributed by atoms with Gasteiger partial charge in [-0.2, -0.15) is 0 Å². The number of aliphatic hydroxyl groups is 2. The number of aliphatic hydroxyl groups excluding tert-OH is 2. The van der Waals surface area contributed by atoms with Crippen LogP contribution in [0.5, 0.6) is 0 Å². The number of hydrogen-bond donors (Lipinski definition) is 3. The monoisotopic (exact) mass is 257 g/mol. The third-order valence-corrected chi connectivity index (χ3v) is 4.05. The fourth-order valence-corrected chi connectivity index (χ4v) is 2.86. The molecule has 0 amide bonds. The van der Waals surface area contributed by atoms with Crippen LogP contribution in [0.1, 0.15) is 71.6 Å². The van der Waals surface area contributed by atoms with E-state index in [-0.39, 0.29) is 12.2 Å². The minimum atomic E-state index is -0.175. The largest absolute Gasteiger partial charge is 0.393 e. The number of hydrogen-bond acceptors (Lipinski definition) is 3. The Morgan fingerprint density at radius 1 is 1.06 bits per heavy atom. The molecular formula is C15H31NO2. The van der Waals surface area contributed by atoms with Crippen LogP contribution < -0.4 is 5.32 Å². The second-order valence-corrected chi connectivity index (χ2v) is 5.82. The molecule has 4 atom stereocenters. The first-order valence-electron chi connectivity index (χ1n) is 7.77.